The summed E-state index contributed by atoms with van der Waals surface area (Å²) < 4.78 is 0. The Kier molecular flexibility index (Phi) is 2.94. The zero-order valence-electron chi connectivity index (χ0n) is 8.25. The molecule has 1 aromatic carbocycles. The second kappa shape index (κ2) is 4.38. The first kappa shape index (κ1) is 9.41. The number of carbonyl (C=O) groups is 1. The summed E-state index contributed by atoms with van der Waals surface area (Å²) in [5.74, 6) is 0. The first-order valence-electron chi connectivity index (χ1n) is 5.15. The van der Waals surface area contributed by atoms with Crippen molar-refractivity contribution in [3.63, 3.8) is 0 Å². The second-order valence-electron chi connectivity index (χ2n) is 3.75. The lowest BCUT2D eigenvalue weighted by Gasteiger charge is -2.04. The zero-order chi connectivity index (χ0) is 9.80. The molecule has 0 fully saturated rings. The summed E-state index contributed by atoms with van der Waals surface area (Å²) in [6, 6.07) is 6.64. The Balaban J connectivity index is 2.01. The summed E-state index contributed by atoms with van der Waals surface area (Å²) in [5, 5.41) is 3.07. The van der Waals surface area contributed by atoms with Gasteiger partial charge in [0.1, 0.15) is 6.29 Å². The highest BCUT2D eigenvalue weighted by molar-refractivity contribution is 5.51. The van der Waals surface area contributed by atoms with Gasteiger partial charge in [-0.2, -0.15) is 0 Å². The van der Waals surface area contributed by atoms with Crippen LogP contribution >= 0.6 is 0 Å². The summed E-state index contributed by atoms with van der Waals surface area (Å²) in [6.07, 6.45) is 4.64. The lowest BCUT2D eigenvalue weighted by Crippen LogP contribution is -2.15. The molecule has 0 aromatic heterocycles. The molecule has 1 N–H and O–H groups in total. The van der Waals surface area contributed by atoms with E-state index in [1.807, 2.05) is 0 Å². The Morgan fingerprint density at radius 1 is 1.29 bits per heavy atom. The lowest BCUT2D eigenvalue weighted by molar-refractivity contribution is -0.107. The van der Waals surface area contributed by atoms with Gasteiger partial charge in [-0.25, -0.2) is 0 Å². The Bertz CT molecular complexity index is 333. The molecule has 1 aromatic rings. The predicted molar refractivity (Wildman–Crippen MR) is 56.2 cm³/mol. The molecule has 0 aliphatic heterocycles. The molecule has 2 rings (SSSR count). The summed E-state index contributed by atoms with van der Waals surface area (Å²) in [6.45, 7) is 1.24. The lowest BCUT2D eigenvalue weighted by atomic mass is 10.1. The highest BCUT2D eigenvalue weighted by Crippen LogP contribution is 2.22. The highest BCUT2D eigenvalue weighted by atomic mass is 16.1. The largest absolute Gasteiger partial charge is 0.306 e. The van der Waals surface area contributed by atoms with Gasteiger partial charge in [0.25, 0.3) is 0 Å². The molecule has 0 bridgehead atoms. The molecule has 0 saturated heterocycles. The van der Waals surface area contributed by atoms with Crippen molar-refractivity contribution < 1.29 is 4.79 Å². The molecule has 0 amide bonds. The van der Waals surface area contributed by atoms with Gasteiger partial charge in [-0.1, -0.05) is 18.2 Å². The average molecular weight is 189 g/mol. The van der Waals surface area contributed by atoms with E-state index in [4.69, 9.17) is 0 Å². The monoisotopic (exact) mass is 189 g/mol. The van der Waals surface area contributed by atoms with Crippen LogP contribution in [0.3, 0.4) is 0 Å². The molecule has 0 radical (unpaired) electrons. The van der Waals surface area contributed by atoms with E-state index >= 15 is 0 Å². The third-order valence-electron chi connectivity index (χ3n) is 2.72. The van der Waals surface area contributed by atoms with E-state index in [1.165, 1.54) is 36.0 Å². The van der Waals surface area contributed by atoms with Gasteiger partial charge in [-0.15, -0.1) is 0 Å². The van der Waals surface area contributed by atoms with E-state index in [0.717, 1.165) is 12.8 Å². The fourth-order valence-electron chi connectivity index (χ4n) is 2.01. The quantitative estimate of drug-likeness (QED) is 0.574. The van der Waals surface area contributed by atoms with Gasteiger partial charge < -0.3 is 10.1 Å². The number of aryl methyl sites for hydroxylation is 2. The van der Waals surface area contributed by atoms with Crippen LogP contribution in [0.5, 0.6) is 0 Å². The maximum absolute atomic E-state index is 10.1. The zero-order valence-corrected chi connectivity index (χ0v) is 8.25. The minimum atomic E-state index is 0.442. The van der Waals surface area contributed by atoms with Crippen LogP contribution in [0.1, 0.15) is 23.1 Å². The minimum Gasteiger partial charge on any atom is -0.306 e. The Morgan fingerprint density at radius 2 is 2.14 bits per heavy atom. The highest BCUT2D eigenvalue weighted by Gasteiger charge is 2.10. The van der Waals surface area contributed by atoms with Gasteiger partial charge in [-0.05, 0) is 36.0 Å². The Morgan fingerprint density at radius 3 is 3.00 bits per heavy atom. The van der Waals surface area contributed by atoms with E-state index in [-0.39, 0.29) is 0 Å². The molecule has 14 heavy (non-hydrogen) atoms. The number of hydrogen-bond acceptors (Lipinski definition) is 2. The van der Waals surface area contributed by atoms with E-state index in [0.29, 0.717) is 6.54 Å². The fraction of sp³-hybridized carbons (Fsp3) is 0.417. The van der Waals surface area contributed by atoms with Gasteiger partial charge in [0.2, 0.25) is 0 Å². The fourth-order valence-corrected chi connectivity index (χ4v) is 2.01. The average Bonchev–Trinajstić information content (AvgIpc) is 2.65. The SMILES string of the molecule is O=CCNCc1ccc2c(c1)CCC2. The van der Waals surface area contributed by atoms with Crippen LogP contribution < -0.4 is 5.32 Å². The summed E-state index contributed by atoms with van der Waals surface area (Å²) in [5.41, 5.74) is 4.28. The van der Waals surface area contributed by atoms with Crippen molar-refractivity contribution in [2.75, 3.05) is 6.54 Å². The van der Waals surface area contributed by atoms with Crippen LogP contribution in [0.2, 0.25) is 0 Å². The molecule has 74 valence electrons. The second-order valence-corrected chi connectivity index (χ2v) is 3.75. The normalized spacial score (nSPS) is 14.0. The molecular formula is C12H15NO. The molecule has 0 spiro atoms. The predicted octanol–water partition coefficient (Wildman–Crippen LogP) is 1.46. The van der Waals surface area contributed by atoms with Crippen LogP contribution in [0.4, 0.5) is 0 Å². The van der Waals surface area contributed by atoms with Crippen molar-refractivity contribution in [1.29, 1.82) is 0 Å². The van der Waals surface area contributed by atoms with Crippen LogP contribution in [0.15, 0.2) is 18.2 Å². The van der Waals surface area contributed by atoms with Crippen LogP contribution in [-0.4, -0.2) is 12.8 Å². The van der Waals surface area contributed by atoms with Crippen LogP contribution in [0.25, 0.3) is 0 Å². The standard InChI is InChI=1S/C12H15NO/c14-7-6-13-9-10-4-5-11-2-1-3-12(11)8-10/h4-5,7-8,13H,1-3,6,9H2. The smallest absolute Gasteiger partial charge is 0.133 e. The number of nitrogens with one attached hydrogen (secondary N) is 1. The van der Waals surface area contributed by atoms with Gasteiger partial charge in [-0.3, -0.25) is 0 Å². The van der Waals surface area contributed by atoms with E-state index in [9.17, 15) is 4.79 Å². The summed E-state index contributed by atoms with van der Waals surface area (Å²) in [4.78, 5) is 10.1. The third-order valence-corrected chi connectivity index (χ3v) is 2.72. The Hall–Kier alpha value is -1.15. The van der Waals surface area contributed by atoms with Crippen molar-refractivity contribution in [2.24, 2.45) is 0 Å². The number of benzene rings is 1. The molecule has 2 nitrogen and oxygen atoms in total. The number of rotatable bonds is 4. The Labute approximate surface area is 84.3 Å². The number of hydrogen-bond donors (Lipinski definition) is 1. The minimum absolute atomic E-state index is 0.442. The van der Waals surface area contributed by atoms with Crippen molar-refractivity contribution in [3.8, 4) is 0 Å². The van der Waals surface area contributed by atoms with Gasteiger partial charge in [0, 0.05) is 6.54 Å². The molecule has 0 unspecified atom stereocenters. The number of fused-ring (bicyclic) bond motifs is 1. The molecular weight excluding hydrogens is 174 g/mol. The van der Waals surface area contributed by atoms with Crippen molar-refractivity contribution >= 4 is 6.29 Å². The molecule has 0 saturated carbocycles. The first-order valence-corrected chi connectivity index (χ1v) is 5.15. The summed E-state index contributed by atoms with van der Waals surface area (Å²) >= 11 is 0. The summed E-state index contributed by atoms with van der Waals surface area (Å²) in [7, 11) is 0. The topological polar surface area (TPSA) is 29.1 Å². The molecule has 0 atom stereocenters. The van der Waals surface area contributed by atoms with Crippen molar-refractivity contribution in [1.82, 2.24) is 5.32 Å². The molecule has 2 heteroatoms. The van der Waals surface area contributed by atoms with Crippen molar-refractivity contribution in [2.45, 2.75) is 25.8 Å². The van der Waals surface area contributed by atoms with Gasteiger partial charge >= 0.3 is 0 Å². The van der Waals surface area contributed by atoms with Gasteiger partial charge in [0.05, 0.1) is 6.54 Å². The number of aldehydes is 1. The van der Waals surface area contributed by atoms with E-state index in [2.05, 4.69) is 23.5 Å². The third kappa shape index (κ3) is 2.02. The maximum Gasteiger partial charge on any atom is 0.133 e. The van der Waals surface area contributed by atoms with E-state index < -0.39 is 0 Å². The van der Waals surface area contributed by atoms with Crippen LogP contribution in [-0.2, 0) is 24.2 Å². The number of carbonyl (C=O) groups excluding carboxylic acids is 1. The van der Waals surface area contributed by atoms with Crippen LogP contribution in [0, 0.1) is 0 Å². The van der Waals surface area contributed by atoms with Crippen molar-refractivity contribution in [3.05, 3.63) is 34.9 Å². The maximum atomic E-state index is 10.1. The molecule has 1 aliphatic rings. The first-order chi connectivity index (χ1) is 6.90. The van der Waals surface area contributed by atoms with E-state index in [1.54, 1.807) is 0 Å². The van der Waals surface area contributed by atoms with Gasteiger partial charge in [0.15, 0.2) is 0 Å². The molecule has 1 aliphatic carbocycles. The molecule has 0 heterocycles.